The Morgan fingerprint density at radius 3 is 2.40 bits per heavy atom. The molecule has 0 aliphatic rings. The highest BCUT2D eigenvalue weighted by Gasteiger charge is 2.23. The third-order valence-electron chi connectivity index (χ3n) is 2.71. The number of aromatic nitrogens is 2. The van der Waals surface area contributed by atoms with E-state index in [2.05, 4.69) is 9.97 Å². The van der Waals surface area contributed by atoms with Crippen LogP contribution in [-0.4, -0.2) is 22.5 Å². The molecule has 104 valence electrons. The molecule has 7 heteroatoms. The molecule has 3 nitrogen and oxygen atoms in total. The minimum Gasteiger partial charge on any atom is -0.302 e. The first-order valence-corrected chi connectivity index (χ1v) is 7.90. The fraction of sp³-hybridized carbons (Fsp3) is 0.154. The van der Waals surface area contributed by atoms with Crippen LogP contribution >= 0.6 is 46.6 Å². The van der Waals surface area contributed by atoms with Crippen molar-refractivity contribution in [1.82, 2.24) is 9.97 Å². The van der Waals surface area contributed by atoms with Gasteiger partial charge in [0, 0.05) is 27.4 Å². The van der Waals surface area contributed by atoms with Crippen molar-refractivity contribution < 1.29 is 4.79 Å². The lowest BCUT2D eigenvalue weighted by Gasteiger charge is -2.15. The first-order chi connectivity index (χ1) is 9.58. The lowest BCUT2D eigenvalue weighted by atomic mass is 9.94. The number of halogens is 3. The second kappa shape index (κ2) is 6.76. The summed E-state index contributed by atoms with van der Waals surface area (Å²) in [6, 6.07) is 5.06. The van der Waals surface area contributed by atoms with E-state index in [-0.39, 0.29) is 5.15 Å². The Hall–Kier alpha value is -0.810. The van der Waals surface area contributed by atoms with Crippen LogP contribution in [-0.2, 0) is 4.79 Å². The van der Waals surface area contributed by atoms with Gasteiger partial charge in [-0.1, -0.05) is 52.6 Å². The summed E-state index contributed by atoms with van der Waals surface area (Å²) in [6.45, 7) is 0. The molecule has 0 aliphatic carbocycles. The van der Waals surface area contributed by atoms with Crippen molar-refractivity contribution in [2.75, 3.05) is 6.26 Å². The van der Waals surface area contributed by atoms with Gasteiger partial charge in [-0.15, -0.1) is 0 Å². The Balaban J connectivity index is 2.56. The van der Waals surface area contributed by atoms with Crippen LogP contribution in [0.25, 0.3) is 0 Å². The minimum absolute atomic E-state index is 0.220. The fourth-order valence-electron chi connectivity index (χ4n) is 1.77. The van der Waals surface area contributed by atoms with Gasteiger partial charge in [-0.2, -0.15) is 0 Å². The molecule has 1 aromatic heterocycles. The van der Waals surface area contributed by atoms with Crippen molar-refractivity contribution in [2.24, 2.45) is 0 Å². The zero-order valence-corrected chi connectivity index (χ0v) is 13.4. The van der Waals surface area contributed by atoms with Crippen molar-refractivity contribution in [1.29, 1.82) is 0 Å². The molecule has 0 saturated carbocycles. The third kappa shape index (κ3) is 3.09. The second-order valence-electron chi connectivity index (χ2n) is 3.85. The number of carbonyl (C=O) groups is 1. The fourth-order valence-corrected chi connectivity index (χ4v) is 3.04. The molecule has 0 radical (unpaired) electrons. The van der Waals surface area contributed by atoms with Gasteiger partial charge in [0.25, 0.3) is 0 Å². The van der Waals surface area contributed by atoms with Crippen LogP contribution in [0, 0.1) is 0 Å². The molecule has 0 N–H and O–H groups in total. The highest BCUT2D eigenvalue weighted by molar-refractivity contribution is 7.98. The summed E-state index contributed by atoms with van der Waals surface area (Å²) in [5.41, 5.74) is 0.989. The van der Waals surface area contributed by atoms with Crippen molar-refractivity contribution in [3.8, 4) is 0 Å². The third-order valence-corrected chi connectivity index (χ3v) is 4.23. The minimum atomic E-state index is -0.695. The Morgan fingerprint density at radius 2 is 1.90 bits per heavy atom. The average Bonchev–Trinajstić information content (AvgIpc) is 2.43. The number of carbonyl (C=O) groups excluding carboxylic acids is 1. The molecule has 1 heterocycles. The quantitative estimate of drug-likeness (QED) is 0.354. The maximum Gasteiger partial charge on any atom is 0.188 e. The van der Waals surface area contributed by atoms with Gasteiger partial charge in [-0.25, -0.2) is 9.97 Å². The highest BCUT2D eigenvalue weighted by atomic mass is 35.5. The van der Waals surface area contributed by atoms with Crippen LogP contribution < -0.4 is 0 Å². The van der Waals surface area contributed by atoms with E-state index in [0.29, 0.717) is 26.3 Å². The first-order valence-electron chi connectivity index (χ1n) is 5.54. The molecule has 0 amide bonds. The van der Waals surface area contributed by atoms with Crippen molar-refractivity contribution in [2.45, 2.75) is 11.1 Å². The second-order valence-corrected chi connectivity index (χ2v) is 5.80. The van der Waals surface area contributed by atoms with Gasteiger partial charge in [0.2, 0.25) is 0 Å². The van der Waals surface area contributed by atoms with Crippen LogP contribution in [0.4, 0.5) is 0 Å². The molecule has 20 heavy (non-hydrogen) atoms. The van der Waals surface area contributed by atoms with E-state index < -0.39 is 5.92 Å². The van der Waals surface area contributed by atoms with Gasteiger partial charge in [0.1, 0.15) is 11.4 Å². The number of thioether (sulfide) groups is 1. The molecule has 0 aliphatic heterocycles. The van der Waals surface area contributed by atoms with Crippen molar-refractivity contribution >= 4 is 52.9 Å². The summed E-state index contributed by atoms with van der Waals surface area (Å²) in [6.07, 6.45) is 4.10. The molecular formula is C13H9Cl3N2OS. The summed E-state index contributed by atoms with van der Waals surface area (Å²) in [4.78, 5) is 19.7. The van der Waals surface area contributed by atoms with Crippen LogP contribution in [0.15, 0.2) is 29.6 Å². The summed E-state index contributed by atoms with van der Waals surface area (Å²) in [5.74, 6) is -0.695. The Bertz CT molecular complexity index is 631. The molecule has 1 unspecified atom stereocenters. The lowest BCUT2D eigenvalue weighted by molar-refractivity contribution is -0.108. The van der Waals surface area contributed by atoms with E-state index >= 15 is 0 Å². The monoisotopic (exact) mass is 346 g/mol. The maximum absolute atomic E-state index is 11.5. The predicted molar refractivity (Wildman–Crippen MR) is 83.2 cm³/mol. The molecule has 0 fully saturated rings. The van der Waals surface area contributed by atoms with Gasteiger partial charge in [-0.3, -0.25) is 0 Å². The number of hydrogen-bond donors (Lipinski definition) is 0. The summed E-state index contributed by atoms with van der Waals surface area (Å²) >= 11 is 19.8. The highest BCUT2D eigenvalue weighted by Crippen LogP contribution is 2.36. The van der Waals surface area contributed by atoms with Gasteiger partial charge in [0.15, 0.2) is 5.16 Å². The number of nitrogens with zero attached hydrogens (tertiary/aromatic N) is 2. The zero-order chi connectivity index (χ0) is 14.7. The maximum atomic E-state index is 11.5. The van der Waals surface area contributed by atoms with Crippen LogP contribution in [0.1, 0.15) is 17.0 Å². The summed E-state index contributed by atoms with van der Waals surface area (Å²) in [7, 11) is 0. The standard InChI is InChI=1S/C13H9Cl3N2OS/c1-20-13-17-5-7(12(16)18-13)8(6-19)11-9(14)3-2-4-10(11)15/h2-6,8H,1H3. The number of benzene rings is 1. The first kappa shape index (κ1) is 15.6. The van der Waals surface area contributed by atoms with Crippen LogP contribution in [0.2, 0.25) is 15.2 Å². The topological polar surface area (TPSA) is 42.9 Å². The van der Waals surface area contributed by atoms with E-state index in [0.717, 1.165) is 6.29 Å². The van der Waals surface area contributed by atoms with Gasteiger partial charge >= 0.3 is 0 Å². The van der Waals surface area contributed by atoms with E-state index in [9.17, 15) is 4.79 Å². The number of aldehydes is 1. The number of rotatable bonds is 4. The molecular weight excluding hydrogens is 339 g/mol. The van der Waals surface area contributed by atoms with E-state index in [1.54, 1.807) is 18.2 Å². The molecule has 0 bridgehead atoms. The normalized spacial score (nSPS) is 12.2. The summed E-state index contributed by atoms with van der Waals surface area (Å²) in [5, 5.41) is 1.56. The van der Waals surface area contributed by atoms with Crippen LogP contribution in [0.3, 0.4) is 0 Å². The van der Waals surface area contributed by atoms with Crippen molar-refractivity contribution in [3.63, 3.8) is 0 Å². The largest absolute Gasteiger partial charge is 0.302 e. The molecule has 0 spiro atoms. The van der Waals surface area contributed by atoms with Crippen molar-refractivity contribution in [3.05, 3.63) is 50.7 Å². The average molecular weight is 348 g/mol. The predicted octanol–water partition coefficient (Wildman–Crippen LogP) is 4.49. The smallest absolute Gasteiger partial charge is 0.188 e. The van der Waals surface area contributed by atoms with Gasteiger partial charge in [0.05, 0.1) is 5.92 Å². The Labute approximate surface area is 135 Å². The van der Waals surface area contributed by atoms with Gasteiger partial charge < -0.3 is 4.79 Å². The Morgan fingerprint density at radius 1 is 1.25 bits per heavy atom. The lowest BCUT2D eigenvalue weighted by Crippen LogP contribution is -2.07. The van der Waals surface area contributed by atoms with E-state index in [4.69, 9.17) is 34.8 Å². The molecule has 0 saturated heterocycles. The SMILES string of the molecule is CSc1ncc(C(C=O)c2c(Cl)cccc2Cl)c(Cl)n1. The van der Waals surface area contributed by atoms with Gasteiger partial charge in [-0.05, 0) is 18.4 Å². The van der Waals surface area contributed by atoms with E-state index in [1.807, 2.05) is 6.26 Å². The molecule has 1 atom stereocenters. The molecule has 2 rings (SSSR count). The van der Waals surface area contributed by atoms with Crippen LogP contribution in [0.5, 0.6) is 0 Å². The molecule has 1 aromatic carbocycles. The zero-order valence-electron chi connectivity index (χ0n) is 10.3. The van der Waals surface area contributed by atoms with E-state index in [1.165, 1.54) is 18.0 Å². The molecule has 2 aromatic rings. The summed E-state index contributed by atoms with van der Waals surface area (Å²) < 4.78 is 0. The Kier molecular flexibility index (Phi) is 5.27. The number of hydrogen-bond acceptors (Lipinski definition) is 4.